The molecule has 0 fully saturated rings. The Morgan fingerprint density at radius 3 is 2.47 bits per heavy atom. The molecule has 1 N–H and O–H groups in total. The largest absolute Gasteiger partial charge is 0.322 e. The molecule has 0 aliphatic rings. The molecule has 15 heavy (non-hydrogen) atoms. The number of alkyl halides is 3. The highest BCUT2D eigenvalue weighted by atomic mass is 79.9. The number of hydrogen-bond donors (Lipinski definition) is 1. The Bertz CT molecular complexity index is 389. The minimum Gasteiger partial charge on any atom is -0.322 e. The number of nitrogens with one attached hydrogen (secondary N) is 1. The maximum Gasteiger partial charge on any atom is 0.276 e. The summed E-state index contributed by atoms with van der Waals surface area (Å²) in [7, 11) is 0. The molecule has 0 aliphatic carbocycles. The minimum absolute atomic E-state index is 0.590. The molecule has 6 heteroatoms. The van der Waals surface area contributed by atoms with Crippen LogP contribution in [0.3, 0.4) is 0 Å². The predicted molar refractivity (Wildman–Crippen MR) is 67.8 cm³/mol. The van der Waals surface area contributed by atoms with Gasteiger partial charge in [-0.1, -0.05) is 50.7 Å². The zero-order valence-corrected chi connectivity index (χ0v) is 11.5. The Labute approximate surface area is 111 Å². The van der Waals surface area contributed by atoms with Crippen molar-refractivity contribution in [3.05, 3.63) is 28.2 Å². The van der Waals surface area contributed by atoms with E-state index in [-0.39, 0.29) is 0 Å². The lowest BCUT2D eigenvalue weighted by molar-refractivity contribution is -0.115. The number of benzene rings is 1. The summed E-state index contributed by atoms with van der Waals surface area (Å²) in [5.74, 6) is -0.672. The van der Waals surface area contributed by atoms with Crippen molar-refractivity contribution in [1.29, 1.82) is 0 Å². The summed E-state index contributed by atoms with van der Waals surface area (Å²) in [5.41, 5.74) is 1.57. The molecule has 0 bridgehead atoms. The van der Waals surface area contributed by atoms with Gasteiger partial charge in [0.1, 0.15) is 0 Å². The third-order valence-electron chi connectivity index (χ3n) is 1.67. The average Bonchev–Trinajstić information content (AvgIpc) is 2.10. The second-order valence-electron chi connectivity index (χ2n) is 2.92. The lowest BCUT2D eigenvalue weighted by atomic mass is 10.2. The molecule has 0 spiro atoms. The fraction of sp³-hybridized carbons (Fsp3) is 0.222. The molecule has 1 amide bonds. The second kappa shape index (κ2) is 4.91. The molecule has 0 heterocycles. The smallest absolute Gasteiger partial charge is 0.276 e. The van der Waals surface area contributed by atoms with Crippen molar-refractivity contribution in [2.75, 3.05) is 5.32 Å². The van der Waals surface area contributed by atoms with Crippen LogP contribution in [0.2, 0.25) is 0 Å². The molecular weight excluding hydrogens is 324 g/mol. The Morgan fingerprint density at radius 1 is 1.40 bits per heavy atom. The normalized spacial score (nSPS) is 11.3. The third kappa shape index (κ3) is 3.83. The number of anilines is 1. The van der Waals surface area contributed by atoms with Crippen LogP contribution < -0.4 is 5.32 Å². The highest BCUT2D eigenvalue weighted by molar-refractivity contribution is 9.10. The van der Waals surface area contributed by atoms with Crippen molar-refractivity contribution in [1.82, 2.24) is 0 Å². The van der Waals surface area contributed by atoms with Gasteiger partial charge in [-0.2, -0.15) is 0 Å². The van der Waals surface area contributed by atoms with E-state index in [1.54, 1.807) is 12.1 Å². The van der Waals surface area contributed by atoms with Crippen LogP contribution in [-0.4, -0.2) is 9.70 Å². The first-order chi connectivity index (χ1) is 6.80. The maximum atomic E-state index is 11.3. The number of carbonyl (C=O) groups is 1. The quantitative estimate of drug-likeness (QED) is 0.772. The topological polar surface area (TPSA) is 29.1 Å². The van der Waals surface area contributed by atoms with Crippen molar-refractivity contribution in [3.63, 3.8) is 0 Å². The third-order valence-corrected chi connectivity index (χ3v) is 3.08. The number of halogens is 4. The SMILES string of the molecule is Cc1cc(NC(=O)C(Cl)(Cl)Cl)ccc1Br. The molecule has 0 saturated heterocycles. The van der Waals surface area contributed by atoms with E-state index in [9.17, 15) is 4.79 Å². The van der Waals surface area contributed by atoms with E-state index in [0.717, 1.165) is 10.0 Å². The summed E-state index contributed by atoms with van der Waals surface area (Å²) in [6.45, 7) is 1.90. The van der Waals surface area contributed by atoms with Crippen molar-refractivity contribution in [2.24, 2.45) is 0 Å². The van der Waals surface area contributed by atoms with E-state index in [2.05, 4.69) is 21.2 Å². The molecule has 1 aromatic carbocycles. The van der Waals surface area contributed by atoms with Crippen LogP contribution in [-0.2, 0) is 4.79 Å². The number of rotatable bonds is 1. The number of hydrogen-bond acceptors (Lipinski definition) is 1. The van der Waals surface area contributed by atoms with E-state index in [1.165, 1.54) is 0 Å². The zero-order valence-electron chi connectivity index (χ0n) is 7.65. The van der Waals surface area contributed by atoms with Crippen molar-refractivity contribution >= 4 is 62.3 Å². The van der Waals surface area contributed by atoms with Gasteiger partial charge in [0.15, 0.2) is 0 Å². The summed E-state index contributed by atoms with van der Waals surface area (Å²) in [5, 5.41) is 2.49. The predicted octanol–water partition coefficient (Wildman–Crippen LogP) is 4.07. The van der Waals surface area contributed by atoms with Gasteiger partial charge in [-0.3, -0.25) is 4.79 Å². The zero-order chi connectivity index (χ0) is 11.6. The van der Waals surface area contributed by atoms with E-state index < -0.39 is 9.70 Å². The first-order valence-corrected chi connectivity index (χ1v) is 5.87. The lowest BCUT2D eigenvalue weighted by Crippen LogP contribution is -2.26. The van der Waals surface area contributed by atoms with E-state index in [0.29, 0.717) is 5.69 Å². The highest BCUT2D eigenvalue weighted by Gasteiger charge is 2.30. The average molecular weight is 331 g/mol. The Kier molecular flexibility index (Phi) is 4.29. The molecule has 82 valence electrons. The standard InChI is InChI=1S/C9H7BrCl3NO/c1-5-4-6(2-3-7(5)10)14-8(15)9(11,12)13/h2-4H,1H3,(H,14,15). The Hall–Kier alpha value is 0.0400. The first kappa shape index (κ1) is 13.1. The summed E-state index contributed by atoms with van der Waals surface area (Å²) in [4.78, 5) is 11.3. The van der Waals surface area contributed by atoms with Gasteiger partial charge in [-0.15, -0.1) is 0 Å². The van der Waals surface area contributed by atoms with Gasteiger partial charge < -0.3 is 5.32 Å². The van der Waals surface area contributed by atoms with Crippen LogP contribution in [0.15, 0.2) is 22.7 Å². The van der Waals surface area contributed by atoms with Crippen molar-refractivity contribution in [3.8, 4) is 0 Å². The monoisotopic (exact) mass is 329 g/mol. The number of amides is 1. The highest BCUT2D eigenvalue weighted by Crippen LogP contribution is 2.28. The maximum absolute atomic E-state index is 11.3. The van der Waals surface area contributed by atoms with Crippen LogP contribution in [0.5, 0.6) is 0 Å². The molecule has 0 aliphatic heterocycles. The van der Waals surface area contributed by atoms with Crippen molar-refractivity contribution < 1.29 is 4.79 Å². The van der Waals surface area contributed by atoms with Crippen LogP contribution in [0.25, 0.3) is 0 Å². The van der Waals surface area contributed by atoms with Crippen molar-refractivity contribution in [2.45, 2.75) is 10.7 Å². The fourth-order valence-electron chi connectivity index (χ4n) is 0.924. The Balaban J connectivity index is 2.83. The van der Waals surface area contributed by atoms with Crippen LogP contribution in [0.4, 0.5) is 5.69 Å². The molecule has 1 rings (SSSR count). The van der Waals surface area contributed by atoms with E-state index in [1.807, 2.05) is 13.0 Å². The number of aryl methyl sites for hydroxylation is 1. The van der Waals surface area contributed by atoms with Gasteiger partial charge >= 0.3 is 0 Å². The summed E-state index contributed by atoms with van der Waals surface area (Å²) in [6, 6.07) is 5.30. The van der Waals surface area contributed by atoms with Crippen LogP contribution >= 0.6 is 50.7 Å². The molecule has 0 saturated carbocycles. The van der Waals surface area contributed by atoms with Gasteiger partial charge in [0.2, 0.25) is 0 Å². The Morgan fingerprint density at radius 2 is 2.00 bits per heavy atom. The molecule has 2 nitrogen and oxygen atoms in total. The first-order valence-electron chi connectivity index (χ1n) is 3.95. The molecule has 0 radical (unpaired) electrons. The molecule has 0 atom stereocenters. The number of carbonyl (C=O) groups excluding carboxylic acids is 1. The molecule has 1 aromatic rings. The van der Waals surface area contributed by atoms with Gasteiger partial charge in [-0.25, -0.2) is 0 Å². The van der Waals surface area contributed by atoms with Gasteiger partial charge in [0.05, 0.1) is 0 Å². The van der Waals surface area contributed by atoms with E-state index >= 15 is 0 Å². The minimum atomic E-state index is -1.94. The molecular formula is C9H7BrCl3NO. The van der Waals surface area contributed by atoms with Gasteiger partial charge in [-0.05, 0) is 30.7 Å². The summed E-state index contributed by atoms with van der Waals surface area (Å²) >= 11 is 19.6. The summed E-state index contributed by atoms with van der Waals surface area (Å²) in [6.07, 6.45) is 0. The van der Waals surface area contributed by atoms with Crippen LogP contribution in [0, 0.1) is 6.92 Å². The van der Waals surface area contributed by atoms with Crippen LogP contribution in [0.1, 0.15) is 5.56 Å². The second-order valence-corrected chi connectivity index (χ2v) is 6.05. The van der Waals surface area contributed by atoms with E-state index in [4.69, 9.17) is 34.8 Å². The van der Waals surface area contributed by atoms with Gasteiger partial charge in [0, 0.05) is 10.2 Å². The molecule has 0 unspecified atom stereocenters. The van der Waals surface area contributed by atoms with Gasteiger partial charge in [0.25, 0.3) is 9.70 Å². The lowest BCUT2D eigenvalue weighted by Gasteiger charge is -2.12. The molecule has 0 aromatic heterocycles. The fourth-order valence-corrected chi connectivity index (χ4v) is 1.31. The summed E-state index contributed by atoms with van der Waals surface area (Å²) < 4.78 is -0.990.